The zero-order chi connectivity index (χ0) is 8.72. The molecule has 0 fully saturated rings. The fraction of sp³-hybridized carbons (Fsp3) is 0.250. The van der Waals surface area contributed by atoms with E-state index in [1.807, 2.05) is 0 Å². The Bertz CT molecular complexity index is 336. The van der Waals surface area contributed by atoms with Gasteiger partial charge in [0.1, 0.15) is 5.75 Å². The third-order valence-electron chi connectivity index (χ3n) is 1.82. The molecule has 0 atom stereocenters. The van der Waals surface area contributed by atoms with Crippen LogP contribution in [0, 0.1) is 6.92 Å². The van der Waals surface area contributed by atoms with E-state index in [9.17, 15) is 5.11 Å². The van der Waals surface area contributed by atoms with E-state index in [2.05, 4.69) is 0 Å². The van der Waals surface area contributed by atoms with Crippen molar-refractivity contribution in [2.45, 2.75) is 6.92 Å². The van der Waals surface area contributed by atoms with Crippen molar-refractivity contribution in [1.82, 2.24) is 0 Å². The first-order valence-corrected chi connectivity index (χ1v) is 3.85. The van der Waals surface area contributed by atoms with Crippen LogP contribution in [0.15, 0.2) is 6.07 Å². The molecular weight excluding hydrogens is 180 g/mol. The third-order valence-corrected chi connectivity index (χ3v) is 2.10. The largest absolute Gasteiger partial charge is 0.507 e. The van der Waals surface area contributed by atoms with Gasteiger partial charge in [-0.2, -0.15) is 0 Å². The molecule has 1 heterocycles. The lowest BCUT2D eigenvalue weighted by molar-refractivity contribution is 0.173. The van der Waals surface area contributed by atoms with Gasteiger partial charge in [-0.1, -0.05) is 11.6 Å². The van der Waals surface area contributed by atoms with Crippen molar-refractivity contribution in [3.63, 3.8) is 0 Å². The Morgan fingerprint density at radius 2 is 2.08 bits per heavy atom. The SMILES string of the molecule is Cc1c(O)cc(Cl)c2c1OCO2. The van der Waals surface area contributed by atoms with E-state index in [4.69, 9.17) is 21.1 Å². The zero-order valence-corrected chi connectivity index (χ0v) is 7.18. The molecule has 0 bridgehead atoms. The van der Waals surface area contributed by atoms with Gasteiger partial charge in [0.05, 0.1) is 5.02 Å². The number of phenols is 1. The molecule has 1 aromatic carbocycles. The molecule has 0 spiro atoms. The maximum absolute atomic E-state index is 9.34. The Balaban J connectivity index is 2.69. The molecule has 4 heteroatoms. The number of ether oxygens (including phenoxy) is 2. The summed E-state index contributed by atoms with van der Waals surface area (Å²) in [4.78, 5) is 0. The fourth-order valence-corrected chi connectivity index (χ4v) is 1.39. The number of rotatable bonds is 0. The molecule has 64 valence electrons. The summed E-state index contributed by atoms with van der Waals surface area (Å²) in [6.45, 7) is 1.92. The van der Waals surface area contributed by atoms with Crippen molar-refractivity contribution in [1.29, 1.82) is 0 Å². The number of aromatic hydroxyl groups is 1. The molecule has 12 heavy (non-hydrogen) atoms. The Kier molecular flexibility index (Phi) is 1.54. The van der Waals surface area contributed by atoms with Gasteiger partial charge in [0.15, 0.2) is 11.5 Å². The van der Waals surface area contributed by atoms with E-state index in [1.54, 1.807) is 6.92 Å². The average Bonchev–Trinajstić information content (AvgIpc) is 2.48. The highest BCUT2D eigenvalue weighted by Gasteiger charge is 2.21. The Hall–Kier alpha value is -1.09. The van der Waals surface area contributed by atoms with E-state index in [0.29, 0.717) is 22.1 Å². The van der Waals surface area contributed by atoms with Gasteiger partial charge in [-0.3, -0.25) is 0 Å². The van der Waals surface area contributed by atoms with Gasteiger partial charge in [-0.25, -0.2) is 0 Å². The normalized spacial score (nSPS) is 13.5. The molecule has 0 aliphatic carbocycles. The minimum absolute atomic E-state index is 0.129. The molecular formula is C8H7ClO3. The van der Waals surface area contributed by atoms with Crippen LogP contribution in [0.4, 0.5) is 0 Å². The first-order chi connectivity index (χ1) is 5.70. The highest BCUT2D eigenvalue weighted by Crippen LogP contribution is 2.45. The number of fused-ring (bicyclic) bond motifs is 1. The molecule has 3 nitrogen and oxygen atoms in total. The van der Waals surface area contributed by atoms with Crippen LogP contribution in [0.2, 0.25) is 5.02 Å². The topological polar surface area (TPSA) is 38.7 Å². The van der Waals surface area contributed by atoms with E-state index >= 15 is 0 Å². The van der Waals surface area contributed by atoms with Crippen LogP contribution in [0.25, 0.3) is 0 Å². The van der Waals surface area contributed by atoms with Gasteiger partial charge in [-0.05, 0) is 6.92 Å². The standard InChI is InChI=1S/C8H7ClO3/c1-4-6(10)2-5(9)8-7(4)11-3-12-8/h2,10H,3H2,1H3. The van der Waals surface area contributed by atoms with Gasteiger partial charge < -0.3 is 14.6 Å². The molecule has 0 saturated carbocycles. The van der Waals surface area contributed by atoms with Crippen molar-refractivity contribution in [2.75, 3.05) is 6.79 Å². The molecule has 0 unspecified atom stereocenters. The number of halogens is 1. The van der Waals surface area contributed by atoms with Gasteiger partial charge in [0.2, 0.25) is 6.79 Å². The van der Waals surface area contributed by atoms with Crippen LogP contribution >= 0.6 is 11.6 Å². The molecule has 2 rings (SSSR count). The summed E-state index contributed by atoms with van der Waals surface area (Å²) in [6.07, 6.45) is 0. The van der Waals surface area contributed by atoms with Crippen molar-refractivity contribution in [3.05, 3.63) is 16.7 Å². The van der Waals surface area contributed by atoms with E-state index in [-0.39, 0.29) is 12.5 Å². The molecule has 1 N–H and O–H groups in total. The second-order valence-corrected chi connectivity index (χ2v) is 2.97. The molecule has 1 aliphatic rings. The van der Waals surface area contributed by atoms with Crippen molar-refractivity contribution in [3.8, 4) is 17.2 Å². The maximum atomic E-state index is 9.34. The predicted octanol–water partition coefficient (Wildman–Crippen LogP) is 2.08. The summed E-state index contributed by atoms with van der Waals surface area (Å²) in [5.41, 5.74) is 0.659. The Morgan fingerprint density at radius 3 is 2.83 bits per heavy atom. The van der Waals surface area contributed by atoms with Crippen LogP contribution in [0.3, 0.4) is 0 Å². The lowest BCUT2D eigenvalue weighted by Gasteiger charge is -2.04. The Labute approximate surface area is 74.5 Å². The monoisotopic (exact) mass is 186 g/mol. The first kappa shape index (κ1) is 7.55. The minimum Gasteiger partial charge on any atom is -0.507 e. The quantitative estimate of drug-likeness (QED) is 0.674. The lowest BCUT2D eigenvalue weighted by Crippen LogP contribution is -1.93. The zero-order valence-electron chi connectivity index (χ0n) is 6.43. The molecule has 0 aromatic heterocycles. The number of hydrogen-bond acceptors (Lipinski definition) is 3. The second kappa shape index (κ2) is 2.45. The number of phenolic OH excluding ortho intramolecular Hbond substituents is 1. The molecule has 0 radical (unpaired) electrons. The van der Waals surface area contributed by atoms with E-state index in [1.165, 1.54) is 6.07 Å². The van der Waals surface area contributed by atoms with Gasteiger partial charge in [0.25, 0.3) is 0 Å². The van der Waals surface area contributed by atoms with Crippen molar-refractivity contribution < 1.29 is 14.6 Å². The molecule has 1 aliphatic heterocycles. The van der Waals surface area contributed by atoms with Crippen LogP contribution in [-0.2, 0) is 0 Å². The third kappa shape index (κ3) is 0.898. The smallest absolute Gasteiger partial charge is 0.231 e. The average molecular weight is 187 g/mol. The number of benzene rings is 1. The molecule has 0 amide bonds. The van der Waals surface area contributed by atoms with Crippen LogP contribution in [0.5, 0.6) is 17.2 Å². The van der Waals surface area contributed by atoms with Crippen LogP contribution in [-0.4, -0.2) is 11.9 Å². The predicted molar refractivity (Wildman–Crippen MR) is 44.0 cm³/mol. The summed E-state index contributed by atoms with van der Waals surface area (Å²) < 4.78 is 10.2. The molecule has 0 saturated heterocycles. The highest BCUT2D eigenvalue weighted by molar-refractivity contribution is 6.32. The minimum atomic E-state index is 0.129. The van der Waals surface area contributed by atoms with Crippen molar-refractivity contribution >= 4 is 11.6 Å². The second-order valence-electron chi connectivity index (χ2n) is 2.57. The van der Waals surface area contributed by atoms with Gasteiger partial charge in [-0.15, -0.1) is 0 Å². The van der Waals surface area contributed by atoms with Crippen LogP contribution < -0.4 is 9.47 Å². The van der Waals surface area contributed by atoms with E-state index in [0.717, 1.165) is 0 Å². The highest BCUT2D eigenvalue weighted by atomic mass is 35.5. The summed E-state index contributed by atoms with van der Waals surface area (Å²) >= 11 is 5.78. The fourth-order valence-electron chi connectivity index (χ4n) is 1.14. The summed E-state index contributed by atoms with van der Waals surface area (Å²) in [5, 5.41) is 9.72. The van der Waals surface area contributed by atoms with Crippen molar-refractivity contribution in [2.24, 2.45) is 0 Å². The van der Waals surface area contributed by atoms with E-state index < -0.39 is 0 Å². The lowest BCUT2D eigenvalue weighted by atomic mass is 10.2. The Morgan fingerprint density at radius 1 is 1.42 bits per heavy atom. The maximum Gasteiger partial charge on any atom is 0.231 e. The van der Waals surface area contributed by atoms with Gasteiger partial charge >= 0.3 is 0 Å². The summed E-state index contributed by atoms with van der Waals surface area (Å²) in [5.74, 6) is 1.19. The number of hydrogen-bond donors (Lipinski definition) is 1. The van der Waals surface area contributed by atoms with Crippen LogP contribution in [0.1, 0.15) is 5.56 Å². The summed E-state index contributed by atoms with van der Waals surface area (Å²) in [7, 11) is 0. The molecule has 1 aromatic rings. The summed E-state index contributed by atoms with van der Waals surface area (Å²) in [6, 6.07) is 1.45. The first-order valence-electron chi connectivity index (χ1n) is 3.48. The van der Waals surface area contributed by atoms with Gasteiger partial charge in [0, 0.05) is 11.6 Å².